The SMILES string of the molecule is Cc1ccc(N=Cc2ccc(Cl)c([N+](=O)[O-])c2)cc1. The molecule has 96 valence electrons. The molecular weight excluding hydrogens is 264 g/mol. The van der Waals surface area contributed by atoms with Crippen LogP contribution in [0.5, 0.6) is 0 Å². The normalized spacial score (nSPS) is 10.8. The maximum Gasteiger partial charge on any atom is 0.288 e. The van der Waals surface area contributed by atoms with Gasteiger partial charge in [-0.1, -0.05) is 35.4 Å². The van der Waals surface area contributed by atoms with E-state index in [0.29, 0.717) is 5.56 Å². The topological polar surface area (TPSA) is 55.5 Å². The number of aliphatic imine (C=N–C) groups is 1. The minimum absolute atomic E-state index is 0.116. The standard InChI is InChI=1S/C14H11ClN2O2/c1-10-2-5-12(6-3-10)16-9-11-4-7-13(15)14(8-11)17(18)19/h2-9H,1H3. The first kappa shape index (κ1) is 13.2. The third-order valence-corrected chi connectivity index (χ3v) is 2.88. The molecule has 0 aliphatic carbocycles. The highest BCUT2D eigenvalue weighted by atomic mass is 35.5. The smallest absolute Gasteiger partial charge is 0.258 e. The van der Waals surface area contributed by atoms with Crippen molar-refractivity contribution in [3.63, 3.8) is 0 Å². The van der Waals surface area contributed by atoms with E-state index in [2.05, 4.69) is 4.99 Å². The lowest BCUT2D eigenvalue weighted by atomic mass is 10.2. The summed E-state index contributed by atoms with van der Waals surface area (Å²) >= 11 is 5.74. The van der Waals surface area contributed by atoms with Crippen molar-refractivity contribution >= 4 is 29.2 Å². The molecule has 5 heteroatoms. The zero-order valence-electron chi connectivity index (χ0n) is 10.2. The van der Waals surface area contributed by atoms with Gasteiger partial charge in [0.05, 0.1) is 10.6 Å². The number of nitro benzene ring substituents is 1. The summed E-state index contributed by atoms with van der Waals surface area (Å²) in [7, 11) is 0. The molecule has 19 heavy (non-hydrogen) atoms. The van der Waals surface area contributed by atoms with E-state index in [9.17, 15) is 10.1 Å². The van der Waals surface area contributed by atoms with E-state index >= 15 is 0 Å². The van der Waals surface area contributed by atoms with Crippen molar-refractivity contribution in [3.8, 4) is 0 Å². The summed E-state index contributed by atoms with van der Waals surface area (Å²) in [6.07, 6.45) is 1.58. The Morgan fingerprint density at radius 3 is 2.53 bits per heavy atom. The number of rotatable bonds is 3. The summed E-state index contributed by atoms with van der Waals surface area (Å²) in [4.78, 5) is 14.5. The van der Waals surface area contributed by atoms with Gasteiger partial charge in [-0.05, 0) is 30.7 Å². The molecule has 0 bridgehead atoms. The van der Waals surface area contributed by atoms with Crippen LogP contribution < -0.4 is 0 Å². The predicted octanol–water partition coefficient (Wildman–Crippen LogP) is 4.31. The molecule has 0 fully saturated rings. The maximum atomic E-state index is 10.8. The second-order valence-corrected chi connectivity index (χ2v) is 4.47. The fraction of sp³-hybridized carbons (Fsp3) is 0.0714. The molecule has 4 nitrogen and oxygen atoms in total. The van der Waals surface area contributed by atoms with Crippen LogP contribution in [0, 0.1) is 17.0 Å². The minimum Gasteiger partial charge on any atom is -0.258 e. The van der Waals surface area contributed by atoms with E-state index in [4.69, 9.17) is 11.6 Å². The second kappa shape index (κ2) is 5.63. The van der Waals surface area contributed by atoms with Crippen molar-refractivity contribution in [1.29, 1.82) is 0 Å². The molecule has 0 N–H and O–H groups in total. The second-order valence-electron chi connectivity index (χ2n) is 4.06. The van der Waals surface area contributed by atoms with Gasteiger partial charge in [0.2, 0.25) is 0 Å². The third kappa shape index (κ3) is 3.39. The van der Waals surface area contributed by atoms with Gasteiger partial charge in [-0.3, -0.25) is 15.1 Å². The fourth-order valence-corrected chi connectivity index (χ4v) is 1.72. The first-order chi connectivity index (χ1) is 9.06. The van der Waals surface area contributed by atoms with E-state index in [-0.39, 0.29) is 10.7 Å². The highest BCUT2D eigenvalue weighted by molar-refractivity contribution is 6.32. The minimum atomic E-state index is -0.508. The highest BCUT2D eigenvalue weighted by Crippen LogP contribution is 2.24. The Bertz CT molecular complexity index is 636. The molecule has 2 aromatic rings. The first-order valence-corrected chi connectivity index (χ1v) is 5.99. The van der Waals surface area contributed by atoms with Crippen molar-refractivity contribution in [2.45, 2.75) is 6.92 Å². The fourth-order valence-electron chi connectivity index (χ4n) is 1.53. The summed E-state index contributed by atoms with van der Waals surface area (Å²) in [5.41, 5.74) is 2.47. The average molecular weight is 275 g/mol. The summed E-state index contributed by atoms with van der Waals surface area (Å²) in [5.74, 6) is 0. The molecule has 0 atom stereocenters. The summed E-state index contributed by atoms with van der Waals surface area (Å²) < 4.78 is 0. The monoisotopic (exact) mass is 274 g/mol. The van der Waals surface area contributed by atoms with Gasteiger partial charge in [0.1, 0.15) is 5.02 Å². The predicted molar refractivity (Wildman–Crippen MR) is 76.5 cm³/mol. The lowest BCUT2D eigenvalue weighted by molar-refractivity contribution is -0.384. The number of nitro groups is 1. The van der Waals surface area contributed by atoms with Crippen LogP contribution in [0.1, 0.15) is 11.1 Å². The molecule has 0 aliphatic heterocycles. The summed E-state index contributed by atoms with van der Waals surface area (Å²) in [6.45, 7) is 2.00. The van der Waals surface area contributed by atoms with Crippen molar-refractivity contribution in [2.24, 2.45) is 4.99 Å². The molecule has 0 saturated carbocycles. The largest absolute Gasteiger partial charge is 0.288 e. The van der Waals surface area contributed by atoms with Gasteiger partial charge in [0, 0.05) is 12.3 Å². The summed E-state index contributed by atoms with van der Waals surface area (Å²) in [6, 6.07) is 12.3. The van der Waals surface area contributed by atoms with Crippen molar-refractivity contribution in [3.05, 3.63) is 68.7 Å². The van der Waals surface area contributed by atoms with E-state index in [1.165, 1.54) is 12.1 Å². The van der Waals surface area contributed by atoms with Gasteiger partial charge in [-0.25, -0.2) is 0 Å². The Labute approximate surface area is 115 Å². The molecule has 0 aliphatic rings. The first-order valence-electron chi connectivity index (χ1n) is 5.61. The van der Waals surface area contributed by atoms with Crippen LogP contribution in [0.25, 0.3) is 0 Å². The van der Waals surface area contributed by atoms with Gasteiger partial charge in [0.15, 0.2) is 0 Å². The van der Waals surface area contributed by atoms with Gasteiger partial charge in [0.25, 0.3) is 5.69 Å². The number of hydrogen-bond donors (Lipinski definition) is 0. The number of hydrogen-bond acceptors (Lipinski definition) is 3. The average Bonchev–Trinajstić information content (AvgIpc) is 2.39. The van der Waals surface area contributed by atoms with E-state index in [0.717, 1.165) is 11.3 Å². The molecule has 0 saturated heterocycles. The number of nitrogens with zero attached hydrogens (tertiary/aromatic N) is 2. The molecule has 0 radical (unpaired) electrons. The molecule has 0 amide bonds. The molecule has 2 aromatic carbocycles. The van der Waals surface area contributed by atoms with Crippen molar-refractivity contribution < 1.29 is 4.92 Å². The van der Waals surface area contributed by atoms with Crippen LogP contribution in [0.15, 0.2) is 47.5 Å². The van der Waals surface area contributed by atoms with Crippen LogP contribution >= 0.6 is 11.6 Å². The third-order valence-electron chi connectivity index (χ3n) is 2.56. The molecule has 0 heterocycles. The number of aryl methyl sites for hydroxylation is 1. The Kier molecular flexibility index (Phi) is 3.92. The molecule has 0 aromatic heterocycles. The van der Waals surface area contributed by atoms with Crippen LogP contribution in [-0.4, -0.2) is 11.1 Å². The Balaban J connectivity index is 2.26. The van der Waals surface area contributed by atoms with Gasteiger partial charge >= 0.3 is 0 Å². The van der Waals surface area contributed by atoms with Crippen molar-refractivity contribution in [1.82, 2.24) is 0 Å². The van der Waals surface area contributed by atoms with Crippen molar-refractivity contribution in [2.75, 3.05) is 0 Å². The van der Waals surface area contributed by atoms with Crippen LogP contribution in [-0.2, 0) is 0 Å². The van der Waals surface area contributed by atoms with Gasteiger partial charge in [-0.2, -0.15) is 0 Å². The Morgan fingerprint density at radius 1 is 1.21 bits per heavy atom. The maximum absolute atomic E-state index is 10.8. The lowest BCUT2D eigenvalue weighted by Crippen LogP contribution is -1.91. The van der Waals surface area contributed by atoms with Crippen LogP contribution in [0.2, 0.25) is 5.02 Å². The number of halogens is 1. The van der Waals surface area contributed by atoms with Gasteiger partial charge < -0.3 is 0 Å². The van der Waals surface area contributed by atoms with E-state index in [1.54, 1.807) is 12.3 Å². The zero-order chi connectivity index (χ0) is 13.8. The number of benzene rings is 2. The quantitative estimate of drug-likeness (QED) is 0.476. The van der Waals surface area contributed by atoms with Crippen LogP contribution in [0.4, 0.5) is 11.4 Å². The lowest BCUT2D eigenvalue weighted by Gasteiger charge is -1.98. The van der Waals surface area contributed by atoms with E-state index in [1.807, 2.05) is 31.2 Å². The Morgan fingerprint density at radius 2 is 1.89 bits per heavy atom. The van der Waals surface area contributed by atoms with E-state index < -0.39 is 4.92 Å². The summed E-state index contributed by atoms with van der Waals surface area (Å²) in [5, 5.41) is 10.9. The molecule has 2 rings (SSSR count). The molecule has 0 unspecified atom stereocenters. The molecule has 0 spiro atoms. The highest BCUT2D eigenvalue weighted by Gasteiger charge is 2.11. The van der Waals surface area contributed by atoms with Gasteiger partial charge in [-0.15, -0.1) is 0 Å². The zero-order valence-corrected chi connectivity index (χ0v) is 11.0. The van der Waals surface area contributed by atoms with Crippen LogP contribution in [0.3, 0.4) is 0 Å². The molecular formula is C14H11ClN2O2. The Hall–Kier alpha value is -2.20.